The lowest BCUT2D eigenvalue weighted by molar-refractivity contribution is 0.185. The lowest BCUT2D eigenvalue weighted by Crippen LogP contribution is -2.07. The van der Waals surface area contributed by atoms with Crippen LogP contribution in [-0.4, -0.2) is 16.9 Å². The van der Waals surface area contributed by atoms with Crippen molar-refractivity contribution in [2.24, 2.45) is 7.05 Å². The van der Waals surface area contributed by atoms with Gasteiger partial charge in [0.05, 0.1) is 29.6 Å². The highest BCUT2D eigenvalue weighted by Gasteiger charge is 2.11. The zero-order valence-electron chi connectivity index (χ0n) is 11.4. The van der Waals surface area contributed by atoms with E-state index in [1.54, 1.807) is 7.11 Å². The van der Waals surface area contributed by atoms with Crippen LogP contribution in [0.3, 0.4) is 0 Å². The lowest BCUT2D eigenvalue weighted by atomic mass is 10.2. The van der Waals surface area contributed by atoms with Crippen LogP contribution in [0.15, 0.2) is 24.3 Å². The van der Waals surface area contributed by atoms with E-state index in [4.69, 9.17) is 16.3 Å². The number of methoxy groups -OCH3 is 1. The Labute approximate surface area is 118 Å². The van der Waals surface area contributed by atoms with Gasteiger partial charge in [0.15, 0.2) is 0 Å². The highest BCUT2D eigenvalue weighted by atomic mass is 35.5. The third-order valence-corrected chi connectivity index (χ3v) is 3.52. The first-order valence-electron chi connectivity index (χ1n) is 6.12. The Bertz CT molecular complexity index is 566. The third kappa shape index (κ3) is 3.08. The smallest absolute Gasteiger partial charge is 0.0865 e. The van der Waals surface area contributed by atoms with E-state index in [9.17, 15) is 0 Å². The summed E-state index contributed by atoms with van der Waals surface area (Å²) in [5.74, 6) is 0. The maximum atomic E-state index is 6.23. The summed E-state index contributed by atoms with van der Waals surface area (Å²) >= 11 is 6.23. The molecule has 102 valence electrons. The number of para-hydroxylation sites is 1. The first kappa shape index (κ1) is 13.9. The molecule has 1 aromatic heterocycles. The molecule has 1 N–H and O–H groups in total. The number of benzene rings is 1. The third-order valence-electron chi connectivity index (χ3n) is 3.03. The normalized spacial score (nSPS) is 10.7. The van der Waals surface area contributed by atoms with Crippen molar-refractivity contribution >= 4 is 17.3 Å². The number of nitrogens with zero attached hydrogens (tertiary/aromatic N) is 2. The largest absolute Gasteiger partial charge is 0.380 e. The second-order valence-electron chi connectivity index (χ2n) is 4.41. The molecule has 0 fully saturated rings. The summed E-state index contributed by atoms with van der Waals surface area (Å²) in [4.78, 5) is 0. The van der Waals surface area contributed by atoms with Crippen molar-refractivity contribution in [3.8, 4) is 0 Å². The topological polar surface area (TPSA) is 39.1 Å². The molecule has 0 unspecified atom stereocenters. The molecule has 19 heavy (non-hydrogen) atoms. The maximum absolute atomic E-state index is 6.23. The van der Waals surface area contributed by atoms with Gasteiger partial charge in [0.1, 0.15) is 0 Å². The van der Waals surface area contributed by atoms with Crippen LogP contribution in [0.25, 0.3) is 0 Å². The van der Waals surface area contributed by atoms with E-state index in [1.165, 1.54) is 0 Å². The van der Waals surface area contributed by atoms with Gasteiger partial charge in [-0.15, -0.1) is 0 Å². The standard InChI is InChI=1S/C14H18ClN3O/c1-10-14(15)13(18(2)17-10)8-16-12-7-5-4-6-11(12)9-19-3/h4-7,16H,8-9H2,1-3H3. The summed E-state index contributed by atoms with van der Waals surface area (Å²) in [6.07, 6.45) is 0. The number of hydrogen-bond donors (Lipinski definition) is 1. The molecule has 4 nitrogen and oxygen atoms in total. The Kier molecular flexibility index (Phi) is 4.45. The van der Waals surface area contributed by atoms with Gasteiger partial charge in [0.2, 0.25) is 0 Å². The Hall–Kier alpha value is -1.52. The minimum Gasteiger partial charge on any atom is -0.380 e. The number of aromatic nitrogens is 2. The van der Waals surface area contributed by atoms with Gasteiger partial charge in [-0.05, 0) is 13.0 Å². The minimum atomic E-state index is 0.585. The molecule has 1 heterocycles. The van der Waals surface area contributed by atoms with Crippen molar-refractivity contribution < 1.29 is 4.74 Å². The fraction of sp³-hybridized carbons (Fsp3) is 0.357. The van der Waals surface area contributed by atoms with E-state index in [0.717, 1.165) is 27.7 Å². The van der Waals surface area contributed by atoms with Gasteiger partial charge in [0, 0.05) is 25.4 Å². The molecule has 0 bridgehead atoms. The Morgan fingerprint density at radius 1 is 1.37 bits per heavy atom. The number of rotatable bonds is 5. The molecule has 0 aliphatic carbocycles. The van der Waals surface area contributed by atoms with Crippen molar-refractivity contribution in [3.63, 3.8) is 0 Å². The Balaban J connectivity index is 2.14. The number of hydrogen-bond acceptors (Lipinski definition) is 3. The van der Waals surface area contributed by atoms with Gasteiger partial charge >= 0.3 is 0 Å². The summed E-state index contributed by atoms with van der Waals surface area (Å²) in [5, 5.41) is 8.41. The molecule has 5 heteroatoms. The van der Waals surface area contributed by atoms with Crippen LogP contribution in [0.2, 0.25) is 5.02 Å². The molecule has 1 aromatic carbocycles. The molecular weight excluding hydrogens is 262 g/mol. The maximum Gasteiger partial charge on any atom is 0.0865 e. The van der Waals surface area contributed by atoms with Gasteiger partial charge in [-0.3, -0.25) is 4.68 Å². The fourth-order valence-electron chi connectivity index (χ4n) is 2.03. The molecule has 0 aliphatic heterocycles. The first-order valence-corrected chi connectivity index (χ1v) is 6.50. The SMILES string of the molecule is COCc1ccccc1NCc1c(Cl)c(C)nn1C. The van der Waals surface area contributed by atoms with Crippen LogP contribution in [0.1, 0.15) is 17.0 Å². The molecule has 0 amide bonds. The monoisotopic (exact) mass is 279 g/mol. The van der Waals surface area contributed by atoms with Crippen molar-refractivity contribution in [1.82, 2.24) is 9.78 Å². The van der Waals surface area contributed by atoms with Gasteiger partial charge in [-0.2, -0.15) is 5.10 Å². The summed E-state index contributed by atoms with van der Waals surface area (Å²) in [6.45, 7) is 3.13. The second-order valence-corrected chi connectivity index (χ2v) is 4.79. The van der Waals surface area contributed by atoms with Crippen LogP contribution in [0.5, 0.6) is 0 Å². The average Bonchev–Trinajstić information content (AvgIpc) is 2.63. The highest BCUT2D eigenvalue weighted by Crippen LogP contribution is 2.22. The summed E-state index contributed by atoms with van der Waals surface area (Å²) in [6, 6.07) is 8.08. The molecule has 0 atom stereocenters. The highest BCUT2D eigenvalue weighted by molar-refractivity contribution is 6.31. The molecule has 0 radical (unpaired) electrons. The molecule has 0 aliphatic rings. The number of ether oxygens (including phenoxy) is 1. The van der Waals surface area contributed by atoms with E-state index >= 15 is 0 Å². The molecule has 2 rings (SSSR count). The van der Waals surface area contributed by atoms with E-state index in [1.807, 2.05) is 42.9 Å². The van der Waals surface area contributed by atoms with Gasteiger partial charge in [0.25, 0.3) is 0 Å². The van der Waals surface area contributed by atoms with E-state index < -0.39 is 0 Å². The van der Waals surface area contributed by atoms with Gasteiger partial charge in [-0.1, -0.05) is 29.8 Å². The van der Waals surface area contributed by atoms with Crippen molar-refractivity contribution in [3.05, 3.63) is 46.2 Å². The van der Waals surface area contributed by atoms with Crippen molar-refractivity contribution in [2.75, 3.05) is 12.4 Å². The van der Waals surface area contributed by atoms with E-state index in [-0.39, 0.29) is 0 Å². The molecule has 0 spiro atoms. The average molecular weight is 280 g/mol. The predicted molar refractivity (Wildman–Crippen MR) is 77.4 cm³/mol. The minimum absolute atomic E-state index is 0.585. The number of anilines is 1. The van der Waals surface area contributed by atoms with E-state index in [0.29, 0.717) is 13.2 Å². The molecule has 0 saturated heterocycles. The zero-order valence-corrected chi connectivity index (χ0v) is 12.2. The van der Waals surface area contributed by atoms with Crippen molar-refractivity contribution in [1.29, 1.82) is 0 Å². The van der Waals surface area contributed by atoms with Gasteiger partial charge in [-0.25, -0.2) is 0 Å². The zero-order chi connectivity index (χ0) is 13.8. The molecular formula is C14H18ClN3O. The molecule has 2 aromatic rings. The van der Waals surface area contributed by atoms with Crippen LogP contribution >= 0.6 is 11.6 Å². The van der Waals surface area contributed by atoms with Crippen molar-refractivity contribution in [2.45, 2.75) is 20.1 Å². The quantitative estimate of drug-likeness (QED) is 0.914. The lowest BCUT2D eigenvalue weighted by Gasteiger charge is -2.11. The predicted octanol–water partition coefficient (Wildman–Crippen LogP) is 3.14. The number of aryl methyl sites for hydroxylation is 2. The Morgan fingerprint density at radius 2 is 2.11 bits per heavy atom. The van der Waals surface area contributed by atoms with E-state index in [2.05, 4.69) is 10.4 Å². The van der Waals surface area contributed by atoms with Crippen LogP contribution < -0.4 is 5.32 Å². The summed E-state index contributed by atoms with van der Waals surface area (Å²) in [7, 11) is 3.59. The number of nitrogens with one attached hydrogen (secondary N) is 1. The van der Waals surface area contributed by atoms with Gasteiger partial charge < -0.3 is 10.1 Å². The first-order chi connectivity index (χ1) is 9.13. The van der Waals surface area contributed by atoms with Crippen LogP contribution in [0.4, 0.5) is 5.69 Å². The summed E-state index contributed by atoms with van der Waals surface area (Å²) < 4.78 is 7.00. The Morgan fingerprint density at radius 3 is 2.74 bits per heavy atom. The fourth-order valence-corrected chi connectivity index (χ4v) is 2.25. The summed E-state index contributed by atoms with van der Waals surface area (Å²) in [5.41, 5.74) is 4.01. The van der Waals surface area contributed by atoms with Crippen LogP contribution in [0, 0.1) is 6.92 Å². The number of halogens is 1. The van der Waals surface area contributed by atoms with Crippen LogP contribution in [-0.2, 0) is 24.9 Å². The second kappa shape index (κ2) is 6.08. The molecule has 0 saturated carbocycles.